The van der Waals surface area contributed by atoms with Crippen LogP contribution in [0.15, 0.2) is 59.5 Å². The summed E-state index contributed by atoms with van der Waals surface area (Å²) in [6.45, 7) is 7.47. The highest BCUT2D eigenvalue weighted by Crippen LogP contribution is 2.36. The van der Waals surface area contributed by atoms with E-state index in [0.717, 1.165) is 10.4 Å². The average Bonchev–Trinajstić information content (AvgIpc) is 2.96. The van der Waals surface area contributed by atoms with Crippen molar-refractivity contribution < 1.29 is 27.7 Å². The Labute approximate surface area is 283 Å². The van der Waals surface area contributed by atoms with Gasteiger partial charge in [-0.1, -0.05) is 53.9 Å². The molecule has 3 rings (SSSR count). The maximum atomic E-state index is 14.4. The molecule has 0 aromatic heterocycles. The van der Waals surface area contributed by atoms with Gasteiger partial charge in [0.2, 0.25) is 11.8 Å². The molecular formula is C31H35Cl3N4O7S. The van der Waals surface area contributed by atoms with Crippen molar-refractivity contribution in [2.45, 2.75) is 64.1 Å². The Morgan fingerprint density at radius 3 is 2.22 bits per heavy atom. The number of nitro groups is 1. The van der Waals surface area contributed by atoms with Crippen LogP contribution < -0.4 is 14.4 Å². The van der Waals surface area contributed by atoms with E-state index < -0.39 is 55.5 Å². The fourth-order valence-electron chi connectivity index (χ4n) is 4.67. The predicted molar refractivity (Wildman–Crippen MR) is 179 cm³/mol. The van der Waals surface area contributed by atoms with Crippen molar-refractivity contribution >= 4 is 68.0 Å². The Balaban J connectivity index is 2.24. The van der Waals surface area contributed by atoms with Crippen LogP contribution in [0.4, 0.5) is 11.4 Å². The highest BCUT2D eigenvalue weighted by atomic mass is 35.5. The summed E-state index contributed by atoms with van der Waals surface area (Å²) < 4.78 is 34.8. The number of benzene rings is 3. The number of ether oxygens (including phenoxy) is 1. The second-order valence-corrected chi connectivity index (χ2v) is 14.5. The first-order valence-corrected chi connectivity index (χ1v) is 16.6. The molecule has 1 N–H and O–H groups in total. The lowest BCUT2D eigenvalue weighted by atomic mass is 10.1. The number of nitrogens with zero attached hydrogens (tertiary/aromatic N) is 3. The molecule has 46 heavy (non-hydrogen) atoms. The van der Waals surface area contributed by atoms with Gasteiger partial charge >= 0.3 is 0 Å². The molecule has 0 saturated carbocycles. The SMILES string of the molecule is CC[C@H](C(=O)NC(C)(C)C)N(Cc1c(Cl)cccc1Cl)C(=O)CN(c1cc(Cl)ccc1OC)S(=O)(=O)c1ccc(C)c([N+](=O)[O-])c1. The molecule has 0 aliphatic heterocycles. The lowest BCUT2D eigenvalue weighted by molar-refractivity contribution is -0.385. The molecule has 11 nitrogen and oxygen atoms in total. The molecule has 0 bridgehead atoms. The van der Waals surface area contributed by atoms with Crippen molar-refractivity contribution in [2.24, 2.45) is 0 Å². The molecular weight excluding hydrogens is 679 g/mol. The van der Waals surface area contributed by atoms with E-state index >= 15 is 0 Å². The van der Waals surface area contributed by atoms with E-state index in [1.54, 1.807) is 45.9 Å². The first-order valence-electron chi connectivity index (χ1n) is 14.1. The van der Waals surface area contributed by atoms with E-state index in [1.165, 1.54) is 49.3 Å². The van der Waals surface area contributed by atoms with Crippen molar-refractivity contribution in [2.75, 3.05) is 18.0 Å². The summed E-state index contributed by atoms with van der Waals surface area (Å²) in [6, 6.07) is 11.4. The number of halogens is 3. The quantitative estimate of drug-likeness (QED) is 0.161. The Bertz CT molecular complexity index is 1730. The molecule has 0 aliphatic carbocycles. The molecule has 0 unspecified atom stereocenters. The van der Waals surface area contributed by atoms with Crippen LogP contribution in [-0.4, -0.2) is 55.3 Å². The van der Waals surface area contributed by atoms with Gasteiger partial charge in [0.15, 0.2) is 0 Å². The van der Waals surface area contributed by atoms with E-state index in [-0.39, 0.29) is 45.0 Å². The number of hydrogen-bond acceptors (Lipinski definition) is 7. The summed E-state index contributed by atoms with van der Waals surface area (Å²) in [4.78, 5) is 39.7. The third-order valence-corrected chi connectivity index (χ3v) is 9.63. The van der Waals surface area contributed by atoms with Gasteiger partial charge in [-0.3, -0.25) is 24.0 Å². The van der Waals surface area contributed by atoms with E-state index in [1.807, 2.05) is 0 Å². The zero-order valence-electron chi connectivity index (χ0n) is 26.1. The second-order valence-electron chi connectivity index (χ2n) is 11.4. The van der Waals surface area contributed by atoms with Gasteiger partial charge in [0.1, 0.15) is 18.3 Å². The smallest absolute Gasteiger partial charge is 0.273 e. The summed E-state index contributed by atoms with van der Waals surface area (Å²) in [5.74, 6) is -1.21. The van der Waals surface area contributed by atoms with E-state index in [9.17, 15) is 28.1 Å². The average molecular weight is 714 g/mol. The Hall–Kier alpha value is -3.58. The number of carbonyl (C=O) groups excluding carboxylic acids is 2. The Morgan fingerprint density at radius 2 is 1.67 bits per heavy atom. The van der Waals surface area contributed by atoms with Crippen LogP contribution in [0.5, 0.6) is 5.75 Å². The molecule has 15 heteroatoms. The van der Waals surface area contributed by atoms with Crippen LogP contribution in [0.25, 0.3) is 0 Å². The molecule has 3 aromatic carbocycles. The predicted octanol–water partition coefficient (Wildman–Crippen LogP) is 6.79. The van der Waals surface area contributed by atoms with Crippen LogP contribution in [0.3, 0.4) is 0 Å². The third kappa shape index (κ3) is 8.61. The normalized spacial score (nSPS) is 12.3. The number of aryl methyl sites for hydroxylation is 1. The molecule has 0 aliphatic rings. The van der Waals surface area contributed by atoms with Gasteiger partial charge in [-0.25, -0.2) is 8.42 Å². The number of sulfonamides is 1. The van der Waals surface area contributed by atoms with Gasteiger partial charge in [0.25, 0.3) is 15.7 Å². The van der Waals surface area contributed by atoms with E-state index in [4.69, 9.17) is 39.5 Å². The monoisotopic (exact) mass is 712 g/mol. The number of amides is 2. The fourth-order valence-corrected chi connectivity index (χ4v) is 6.79. The van der Waals surface area contributed by atoms with Crippen molar-refractivity contribution in [3.05, 3.63) is 90.9 Å². The van der Waals surface area contributed by atoms with Crippen molar-refractivity contribution in [3.63, 3.8) is 0 Å². The fraction of sp³-hybridized carbons (Fsp3) is 0.355. The van der Waals surface area contributed by atoms with Gasteiger partial charge in [0.05, 0.1) is 22.6 Å². The maximum Gasteiger partial charge on any atom is 0.273 e. The van der Waals surface area contributed by atoms with Crippen molar-refractivity contribution in [1.29, 1.82) is 0 Å². The molecule has 3 aromatic rings. The van der Waals surface area contributed by atoms with Crippen LogP contribution in [0, 0.1) is 17.0 Å². The van der Waals surface area contributed by atoms with Crippen LogP contribution in [0.2, 0.25) is 15.1 Å². The zero-order chi connectivity index (χ0) is 34.6. The van der Waals surface area contributed by atoms with Gasteiger partial charge < -0.3 is 15.0 Å². The van der Waals surface area contributed by atoms with Gasteiger partial charge in [-0.2, -0.15) is 0 Å². The molecule has 0 radical (unpaired) electrons. The van der Waals surface area contributed by atoms with Crippen LogP contribution in [0.1, 0.15) is 45.2 Å². The highest BCUT2D eigenvalue weighted by molar-refractivity contribution is 7.92. The van der Waals surface area contributed by atoms with Gasteiger partial charge in [-0.15, -0.1) is 0 Å². The standard InChI is InChI=1S/C31H35Cl3N4O7S/c1-7-25(30(40)35-31(3,4)5)36(17-22-23(33)9-8-10-24(22)34)29(39)18-37(27-15-20(32)12-14-28(27)45-6)46(43,44)21-13-11-19(2)26(16-21)38(41)42/h8-16,25H,7,17-18H2,1-6H3,(H,35,40)/t25-/m1/s1. The van der Waals surface area contributed by atoms with Crippen LogP contribution in [-0.2, 0) is 26.2 Å². The van der Waals surface area contributed by atoms with E-state index in [0.29, 0.717) is 5.56 Å². The summed E-state index contributed by atoms with van der Waals surface area (Å²) in [5, 5.41) is 15.2. The molecule has 0 heterocycles. The topological polar surface area (TPSA) is 139 Å². The summed E-state index contributed by atoms with van der Waals surface area (Å²) in [7, 11) is -3.37. The highest BCUT2D eigenvalue weighted by Gasteiger charge is 2.36. The maximum absolute atomic E-state index is 14.4. The Morgan fingerprint density at radius 1 is 1.04 bits per heavy atom. The van der Waals surface area contributed by atoms with Gasteiger partial charge in [-0.05, 0) is 70.5 Å². The van der Waals surface area contributed by atoms with E-state index in [2.05, 4.69) is 5.32 Å². The van der Waals surface area contributed by atoms with Crippen molar-refractivity contribution in [3.8, 4) is 5.75 Å². The third-order valence-electron chi connectivity index (χ3n) is 6.93. The molecule has 248 valence electrons. The number of anilines is 1. The molecule has 0 spiro atoms. The number of rotatable bonds is 12. The zero-order valence-corrected chi connectivity index (χ0v) is 29.2. The minimum Gasteiger partial charge on any atom is -0.495 e. The molecule has 0 saturated heterocycles. The second kappa shape index (κ2) is 14.9. The number of nitrogens with one attached hydrogen (secondary N) is 1. The minimum atomic E-state index is -4.69. The van der Waals surface area contributed by atoms with Crippen LogP contribution >= 0.6 is 34.8 Å². The summed E-state index contributed by atoms with van der Waals surface area (Å²) >= 11 is 19.2. The molecule has 0 fully saturated rings. The minimum absolute atomic E-state index is 0.0561. The number of nitro benzene ring substituents is 1. The van der Waals surface area contributed by atoms with Gasteiger partial charge in [0, 0.05) is 44.3 Å². The summed E-state index contributed by atoms with van der Waals surface area (Å²) in [5.41, 5.74) is -0.583. The molecule has 1 atom stereocenters. The largest absolute Gasteiger partial charge is 0.495 e. The lowest BCUT2D eigenvalue weighted by Gasteiger charge is -2.35. The number of hydrogen-bond donors (Lipinski definition) is 1. The lowest BCUT2D eigenvalue weighted by Crippen LogP contribution is -2.55. The Kier molecular flexibility index (Phi) is 11.9. The first kappa shape index (κ1) is 36.9. The molecule has 2 amide bonds. The number of methoxy groups -OCH3 is 1. The number of carbonyl (C=O) groups is 2. The van der Waals surface area contributed by atoms with Crippen molar-refractivity contribution in [1.82, 2.24) is 10.2 Å². The first-order chi connectivity index (χ1) is 21.4. The summed E-state index contributed by atoms with van der Waals surface area (Å²) in [6.07, 6.45) is 0.160.